The van der Waals surface area contributed by atoms with Crippen LogP contribution in [0.15, 0.2) is 51.8 Å². The molecule has 0 amide bonds. The van der Waals surface area contributed by atoms with Crippen LogP contribution in [-0.4, -0.2) is 7.11 Å². The Morgan fingerprint density at radius 2 is 2.00 bits per heavy atom. The first-order valence-electron chi connectivity index (χ1n) is 5.50. The number of anilines is 1. The summed E-state index contributed by atoms with van der Waals surface area (Å²) in [7, 11) is 1.68. The highest BCUT2D eigenvalue weighted by Gasteiger charge is 2.05. The molecule has 18 heavy (non-hydrogen) atoms. The average Bonchev–Trinajstić information content (AvgIpc) is 2.39. The van der Waals surface area contributed by atoms with Gasteiger partial charge in [0, 0.05) is 20.8 Å². The van der Waals surface area contributed by atoms with E-state index in [2.05, 4.69) is 15.9 Å². The predicted molar refractivity (Wildman–Crippen MR) is 81.1 cm³/mol. The van der Waals surface area contributed by atoms with E-state index in [0.29, 0.717) is 0 Å². The molecule has 0 fully saturated rings. The second-order valence-corrected chi connectivity index (χ2v) is 5.66. The van der Waals surface area contributed by atoms with E-state index in [4.69, 9.17) is 10.5 Å². The summed E-state index contributed by atoms with van der Waals surface area (Å²) in [5.74, 6) is 1.72. The van der Waals surface area contributed by atoms with Crippen molar-refractivity contribution >= 4 is 33.4 Å². The Labute approximate surface area is 120 Å². The summed E-state index contributed by atoms with van der Waals surface area (Å²) in [4.78, 5) is 1.10. The van der Waals surface area contributed by atoms with Gasteiger partial charge in [-0.3, -0.25) is 0 Å². The third-order valence-electron chi connectivity index (χ3n) is 2.56. The van der Waals surface area contributed by atoms with Gasteiger partial charge in [0.1, 0.15) is 5.75 Å². The fraction of sp³-hybridized carbons (Fsp3) is 0.143. The van der Waals surface area contributed by atoms with E-state index >= 15 is 0 Å². The number of halogens is 1. The summed E-state index contributed by atoms with van der Waals surface area (Å²) >= 11 is 5.27. The molecule has 0 saturated carbocycles. The lowest BCUT2D eigenvalue weighted by Gasteiger charge is -2.08. The lowest BCUT2D eigenvalue weighted by molar-refractivity contribution is 0.414. The SMILES string of the molecule is COc1ccc(Br)c(CSc2ccccc2N)c1. The normalized spacial score (nSPS) is 10.3. The molecule has 2 nitrogen and oxygen atoms in total. The van der Waals surface area contributed by atoms with Gasteiger partial charge in [0.25, 0.3) is 0 Å². The molecule has 0 aliphatic heterocycles. The van der Waals surface area contributed by atoms with Gasteiger partial charge in [-0.05, 0) is 35.9 Å². The van der Waals surface area contributed by atoms with Crippen molar-refractivity contribution in [2.45, 2.75) is 10.6 Å². The Morgan fingerprint density at radius 3 is 2.72 bits per heavy atom. The third-order valence-corrected chi connectivity index (χ3v) is 4.47. The first-order valence-corrected chi connectivity index (χ1v) is 7.28. The minimum atomic E-state index is 0.821. The monoisotopic (exact) mass is 323 g/mol. The molecule has 0 aliphatic carbocycles. The number of hydrogen-bond acceptors (Lipinski definition) is 3. The number of ether oxygens (including phenoxy) is 1. The highest BCUT2D eigenvalue weighted by Crippen LogP contribution is 2.31. The molecule has 2 rings (SSSR count). The molecule has 4 heteroatoms. The van der Waals surface area contributed by atoms with E-state index < -0.39 is 0 Å². The number of nitrogen functional groups attached to an aromatic ring is 1. The zero-order chi connectivity index (χ0) is 13.0. The fourth-order valence-corrected chi connectivity index (χ4v) is 3.09. The zero-order valence-corrected chi connectivity index (χ0v) is 12.4. The van der Waals surface area contributed by atoms with Crippen molar-refractivity contribution in [1.29, 1.82) is 0 Å². The quantitative estimate of drug-likeness (QED) is 0.671. The Balaban J connectivity index is 2.13. The van der Waals surface area contributed by atoms with Crippen LogP contribution in [0, 0.1) is 0 Å². The highest BCUT2D eigenvalue weighted by atomic mass is 79.9. The van der Waals surface area contributed by atoms with E-state index in [1.165, 1.54) is 5.56 Å². The van der Waals surface area contributed by atoms with Crippen molar-refractivity contribution in [3.63, 3.8) is 0 Å². The molecule has 0 atom stereocenters. The summed E-state index contributed by atoms with van der Waals surface area (Å²) in [5, 5.41) is 0. The Bertz CT molecular complexity index is 545. The molecule has 0 radical (unpaired) electrons. The van der Waals surface area contributed by atoms with E-state index in [1.54, 1.807) is 18.9 Å². The van der Waals surface area contributed by atoms with Gasteiger partial charge < -0.3 is 10.5 Å². The highest BCUT2D eigenvalue weighted by molar-refractivity contribution is 9.10. The summed E-state index contributed by atoms with van der Waals surface area (Å²) in [5.41, 5.74) is 7.94. The van der Waals surface area contributed by atoms with E-state index in [-0.39, 0.29) is 0 Å². The zero-order valence-electron chi connectivity index (χ0n) is 10.0. The standard InChI is InChI=1S/C14H14BrNOS/c1-17-11-6-7-12(15)10(8-11)9-18-14-5-3-2-4-13(14)16/h2-8H,9,16H2,1H3. The number of benzene rings is 2. The van der Waals surface area contributed by atoms with Crippen molar-refractivity contribution in [3.05, 3.63) is 52.5 Å². The summed E-state index contributed by atoms with van der Waals surface area (Å²) < 4.78 is 6.32. The Kier molecular flexibility index (Phi) is 4.55. The maximum atomic E-state index is 5.92. The van der Waals surface area contributed by atoms with Crippen molar-refractivity contribution in [2.75, 3.05) is 12.8 Å². The average molecular weight is 324 g/mol. The smallest absolute Gasteiger partial charge is 0.119 e. The van der Waals surface area contributed by atoms with Crippen LogP contribution in [0.2, 0.25) is 0 Å². The molecule has 2 aromatic rings. The molecule has 0 aromatic heterocycles. The lowest BCUT2D eigenvalue weighted by Crippen LogP contribution is -1.90. The molecular formula is C14H14BrNOS. The molecule has 0 saturated heterocycles. The topological polar surface area (TPSA) is 35.2 Å². The number of thioether (sulfide) groups is 1. The molecule has 2 N–H and O–H groups in total. The lowest BCUT2D eigenvalue weighted by atomic mass is 10.2. The molecule has 0 bridgehead atoms. The Morgan fingerprint density at radius 1 is 1.22 bits per heavy atom. The van der Waals surface area contributed by atoms with Crippen LogP contribution in [-0.2, 0) is 5.75 Å². The van der Waals surface area contributed by atoms with Crippen LogP contribution < -0.4 is 10.5 Å². The second kappa shape index (κ2) is 6.16. The van der Waals surface area contributed by atoms with E-state index in [9.17, 15) is 0 Å². The van der Waals surface area contributed by atoms with Crippen LogP contribution in [0.5, 0.6) is 5.75 Å². The largest absolute Gasteiger partial charge is 0.497 e. The summed E-state index contributed by atoms with van der Waals surface area (Å²) in [6.45, 7) is 0. The van der Waals surface area contributed by atoms with Crippen LogP contribution in [0.4, 0.5) is 5.69 Å². The van der Waals surface area contributed by atoms with Crippen LogP contribution in [0.25, 0.3) is 0 Å². The molecule has 0 aliphatic rings. The first-order chi connectivity index (χ1) is 8.70. The maximum absolute atomic E-state index is 5.92. The van der Waals surface area contributed by atoms with Gasteiger partial charge >= 0.3 is 0 Å². The van der Waals surface area contributed by atoms with E-state index in [1.807, 2.05) is 42.5 Å². The molecule has 94 valence electrons. The summed E-state index contributed by atoms with van der Waals surface area (Å²) in [6, 6.07) is 13.9. The first kappa shape index (κ1) is 13.3. The van der Waals surface area contributed by atoms with Gasteiger partial charge in [-0.2, -0.15) is 0 Å². The molecule has 2 aromatic carbocycles. The van der Waals surface area contributed by atoms with Gasteiger partial charge in [0.15, 0.2) is 0 Å². The minimum absolute atomic E-state index is 0.821. The van der Waals surface area contributed by atoms with Gasteiger partial charge in [-0.1, -0.05) is 28.1 Å². The van der Waals surface area contributed by atoms with Crippen molar-refractivity contribution in [2.24, 2.45) is 0 Å². The second-order valence-electron chi connectivity index (χ2n) is 3.78. The van der Waals surface area contributed by atoms with Crippen LogP contribution in [0.3, 0.4) is 0 Å². The maximum Gasteiger partial charge on any atom is 0.119 e. The van der Waals surface area contributed by atoms with Gasteiger partial charge in [0.2, 0.25) is 0 Å². The summed E-state index contributed by atoms with van der Waals surface area (Å²) in [6.07, 6.45) is 0. The van der Waals surface area contributed by atoms with Gasteiger partial charge in [-0.15, -0.1) is 11.8 Å². The van der Waals surface area contributed by atoms with Crippen LogP contribution >= 0.6 is 27.7 Å². The fourth-order valence-electron chi connectivity index (χ4n) is 1.56. The van der Waals surface area contributed by atoms with Crippen molar-refractivity contribution in [1.82, 2.24) is 0 Å². The molecule has 0 heterocycles. The Hall–Kier alpha value is -1.13. The molecular weight excluding hydrogens is 310 g/mol. The van der Waals surface area contributed by atoms with Crippen molar-refractivity contribution < 1.29 is 4.74 Å². The number of methoxy groups -OCH3 is 1. The van der Waals surface area contributed by atoms with Gasteiger partial charge in [0.05, 0.1) is 7.11 Å². The third kappa shape index (κ3) is 3.21. The number of para-hydroxylation sites is 1. The number of hydrogen-bond donors (Lipinski definition) is 1. The number of nitrogens with two attached hydrogens (primary N) is 1. The van der Waals surface area contributed by atoms with Gasteiger partial charge in [-0.25, -0.2) is 0 Å². The predicted octanol–water partition coefficient (Wildman–Crippen LogP) is 4.33. The van der Waals surface area contributed by atoms with E-state index in [0.717, 1.165) is 26.6 Å². The van der Waals surface area contributed by atoms with Crippen LogP contribution in [0.1, 0.15) is 5.56 Å². The molecule has 0 spiro atoms. The number of rotatable bonds is 4. The minimum Gasteiger partial charge on any atom is -0.497 e. The molecule has 0 unspecified atom stereocenters. The van der Waals surface area contributed by atoms with Crippen molar-refractivity contribution in [3.8, 4) is 5.75 Å².